The lowest BCUT2D eigenvalue weighted by molar-refractivity contribution is 0.0953. The number of fused-ring (bicyclic) bond motifs is 1. The first-order valence-electron chi connectivity index (χ1n) is 7.04. The maximum atomic E-state index is 12.0. The summed E-state index contributed by atoms with van der Waals surface area (Å²) in [7, 11) is 0. The van der Waals surface area contributed by atoms with Crippen LogP contribution < -0.4 is 5.32 Å². The Morgan fingerprint density at radius 3 is 2.52 bits per heavy atom. The third-order valence-corrected chi connectivity index (χ3v) is 3.57. The highest BCUT2D eigenvalue weighted by atomic mass is 16.3. The van der Waals surface area contributed by atoms with Gasteiger partial charge in [0.15, 0.2) is 17.2 Å². The van der Waals surface area contributed by atoms with Crippen LogP contribution >= 0.6 is 0 Å². The molecule has 3 aromatic rings. The smallest absolute Gasteiger partial charge is 0.251 e. The van der Waals surface area contributed by atoms with Gasteiger partial charge in [0.05, 0.1) is 6.26 Å². The fourth-order valence-electron chi connectivity index (χ4n) is 2.37. The lowest BCUT2D eigenvalue weighted by atomic mass is 10.1. The van der Waals surface area contributed by atoms with E-state index in [1.54, 1.807) is 6.26 Å². The van der Waals surface area contributed by atoms with Crippen LogP contribution in [0, 0.1) is 0 Å². The second-order valence-electron chi connectivity index (χ2n) is 5.13. The maximum absolute atomic E-state index is 12.0. The number of benzene rings is 2. The zero-order chi connectivity index (χ0) is 16.4. The van der Waals surface area contributed by atoms with E-state index in [1.165, 1.54) is 0 Å². The van der Waals surface area contributed by atoms with Crippen molar-refractivity contribution >= 4 is 16.9 Å². The van der Waals surface area contributed by atoms with E-state index in [2.05, 4.69) is 5.32 Å². The summed E-state index contributed by atoms with van der Waals surface area (Å²) in [5.74, 6) is -2.19. The standard InChI is InChI=1S/C17H15NO5/c19-13-7-11(8-14(20)16(13)21)17(22)18-6-5-10-9-23-15-4-2-1-3-12(10)15/h1-4,7-9,19-21H,5-6H2,(H,18,22). The van der Waals surface area contributed by atoms with E-state index in [0.29, 0.717) is 13.0 Å². The van der Waals surface area contributed by atoms with Crippen LogP contribution in [0.25, 0.3) is 11.0 Å². The average molecular weight is 313 g/mol. The second-order valence-corrected chi connectivity index (χ2v) is 5.13. The van der Waals surface area contributed by atoms with Crippen LogP contribution in [-0.4, -0.2) is 27.8 Å². The number of hydrogen-bond donors (Lipinski definition) is 4. The molecule has 118 valence electrons. The number of amides is 1. The van der Waals surface area contributed by atoms with Crippen LogP contribution in [0.15, 0.2) is 47.1 Å². The lowest BCUT2D eigenvalue weighted by Crippen LogP contribution is -2.25. The number of para-hydroxylation sites is 1. The van der Waals surface area contributed by atoms with Gasteiger partial charge in [-0.15, -0.1) is 0 Å². The normalized spacial score (nSPS) is 10.8. The van der Waals surface area contributed by atoms with Crippen LogP contribution in [0.3, 0.4) is 0 Å². The molecule has 0 atom stereocenters. The molecule has 0 aliphatic rings. The zero-order valence-electron chi connectivity index (χ0n) is 12.1. The molecule has 0 bridgehead atoms. The molecule has 1 amide bonds. The Kier molecular flexibility index (Phi) is 3.80. The molecule has 3 rings (SSSR count). The Bertz CT molecular complexity index is 845. The third kappa shape index (κ3) is 2.91. The predicted octanol–water partition coefficient (Wildman–Crippen LogP) is 2.52. The number of nitrogens with one attached hydrogen (secondary N) is 1. The highest BCUT2D eigenvalue weighted by Crippen LogP contribution is 2.35. The van der Waals surface area contributed by atoms with Crippen molar-refractivity contribution in [2.24, 2.45) is 0 Å². The SMILES string of the molecule is O=C(NCCc1coc2ccccc12)c1cc(O)c(O)c(O)c1. The Morgan fingerprint density at radius 2 is 1.78 bits per heavy atom. The Hall–Kier alpha value is -3.15. The van der Waals surface area contributed by atoms with Gasteiger partial charge in [-0.2, -0.15) is 0 Å². The number of carbonyl (C=O) groups excluding carboxylic acids is 1. The summed E-state index contributed by atoms with van der Waals surface area (Å²) < 4.78 is 5.43. The van der Waals surface area contributed by atoms with Crippen LogP contribution in [0.1, 0.15) is 15.9 Å². The van der Waals surface area contributed by atoms with Crippen molar-refractivity contribution < 1.29 is 24.5 Å². The van der Waals surface area contributed by atoms with Gasteiger partial charge in [0.2, 0.25) is 0 Å². The van der Waals surface area contributed by atoms with Crippen molar-refractivity contribution in [2.45, 2.75) is 6.42 Å². The van der Waals surface area contributed by atoms with Crippen molar-refractivity contribution in [1.29, 1.82) is 0 Å². The van der Waals surface area contributed by atoms with Crippen molar-refractivity contribution in [3.05, 3.63) is 53.8 Å². The van der Waals surface area contributed by atoms with Crippen LogP contribution in [0.4, 0.5) is 0 Å². The van der Waals surface area contributed by atoms with E-state index < -0.39 is 23.2 Å². The molecule has 0 aliphatic carbocycles. The van der Waals surface area contributed by atoms with Gasteiger partial charge in [-0.1, -0.05) is 18.2 Å². The minimum Gasteiger partial charge on any atom is -0.504 e. The number of carbonyl (C=O) groups is 1. The minimum atomic E-state index is -0.647. The van der Waals surface area contributed by atoms with Gasteiger partial charge in [-0.05, 0) is 30.2 Å². The molecule has 0 unspecified atom stereocenters. The second kappa shape index (κ2) is 5.92. The molecule has 1 aromatic heterocycles. The molecule has 0 saturated heterocycles. The molecule has 0 aliphatic heterocycles. The van der Waals surface area contributed by atoms with Crippen molar-refractivity contribution in [1.82, 2.24) is 5.32 Å². The molecule has 2 aromatic carbocycles. The summed E-state index contributed by atoms with van der Waals surface area (Å²) in [5.41, 5.74) is 1.84. The van der Waals surface area contributed by atoms with Crippen LogP contribution in [-0.2, 0) is 6.42 Å². The largest absolute Gasteiger partial charge is 0.504 e. The van der Waals surface area contributed by atoms with Gasteiger partial charge in [-0.3, -0.25) is 4.79 Å². The zero-order valence-corrected chi connectivity index (χ0v) is 12.1. The topological polar surface area (TPSA) is 103 Å². The number of hydrogen-bond acceptors (Lipinski definition) is 5. The Balaban J connectivity index is 1.65. The van der Waals surface area contributed by atoms with E-state index in [1.807, 2.05) is 24.3 Å². The van der Waals surface area contributed by atoms with Crippen molar-refractivity contribution in [3.63, 3.8) is 0 Å². The molecular formula is C17H15NO5. The van der Waals surface area contributed by atoms with Crippen molar-refractivity contribution in [3.8, 4) is 17.2 Å². The van der Waals surface area contributed by atoms with Gasteiger partial charge in [-0.25, -0.2) is 0 Å². The summed E-state index contributed by atoms with van der Waals surface area (Å²) >= 11 is 0. The van der Waals surface area contributed by atoms with Gasteiger partial charge in [0.1, 0.15) is 5.58 Å². The molecule has 1 heterocycles. The third-order valence-electron chi connectivity index (χ3n) is 3.57. The molecular weight excluding hydrogens is 298 g/mol. The first kappa shape index (κ1) is 14.8. The van der Waals surface area contributed by atoms with E-state index in [4.69, 9.17) is 4.42 Å². The molecule has 0 radical (unpaired) electrons. The summed E-state index contributed by atoms with van der Waals surface area (Å²) in [5, 5.41) is 31.8. The highest BCUT2D eigenvalue weighted by Gasteiger charge is 2.13. The molecule has 23 heavy (non-hydrogen) atoms. The predicted molar refractivity (Wildman–Crippen MR) is 83.7 cm³/mol. The molecule has 0 saturated carbocycles. The Morgan fingerprint density at radius 1 is 1.09 bits per heavy atom. The molecule has 0 spiro atoms. The van der Waals surface area contributed by atoms with Gasteiger partial charge in [0.25, 0.3) is 5.91 Å². The van der Waals surface area contributed by atoms with E-state index in [0.717, 1.165) is 28.7 Å². The first-order valence-corrected chi connectivity index (χ1v) is 7.04. The maximum Gasteiger partial charge on any atom is 0.251 e. The number of phenolic OH excluding ortho intramolecular Hbond substituents is 3. The Labute approximate surface area is 131 Å². The van der Waals surface area contributed by atoms with Crippen molar-refractivity contribution in [2.75, 3.05) is 6.54 Å². The minimum absolute atomic E-state index is 0.0647. The van der Waals surface area contributed by atoms with Gasteiger partial charge >= 0.3 is 0 Å². The van der Waals surface area contributed by atoms with E-state index in [-0.39, 0.29) is 5.56 Å². The van der Waals surface area contributed by atoms with Gasteiger partial charge in [0, 0.05) is 17.5 Å². The van der Waals surface area contributed by atoms with Crippen LogP contribution in [0.2, 0.25) is 0 Å². The van der Waals surface area contributed by atoms with E-state index >= 15 is 0 Å². The average Bonchev–Trinajstić information content (AvgIpc) is 2.95. The fourth-order valence-corrected chi connectivity index (χ4v) is 2.37. The molecule has 6 heteroatoms. The monoisotopic (exact) mass is 313 g/mol. The fraction of sp³-hybridized carbons (Fsp3) is 0.118. The summed E-state index contributed by atoms with van der Waals surface area (Å²) in [6.45, 7) is 0.366. The summed E-state index contributed by atoms with van der Waals surface area (Å²) in [6.07, 6.45) is 2.24. The lowest BCUT2D eigenvalue weighted by Gasteiger charge is -2.07. The van der Waals surface area contributed by atoms with Gasteiger partial charge < -0.3 is 25.1 Å². The van der Waals surface area contributed by atoms with Crippen LogP contribution in [0.5, 0.6) is 17.2 Å². The van der Waals surface area contributed by atoms with E-state index in [9.17, 15) is 20.1 Å². The number of furan rings is 1. The quantitative estimate of drug-likeness (QED) is 0.554. The number of phenols is 3. The number of aromatic hydroxyl groups is 3. The molecule has 6 nitrogen and oxygen atoms in total. The summed E-state index contributed by atoms with van der Waals surface area (Å²) in [6, 6.07) is 9.82. The highest BCUT2D eigenvalue weighted by molar-refractivity contribution is 5.95. The first-order chi connectivity index (χ1) is 11.1. The summed E-state index contributed by atoms with van der Waals surface area (Å²) in [4.78, 5) is 12.0. The number of rotatable bonds is 4. The molecule has 4 N–H and O–H groups in total. The molecule has 0 fully saturated rings.